The third kappa shape index (κ3) is 2.06. The van der Waals surface area contributed by atoms with E-state index in [-0.39, 0.29) is 0 Å². The van der Waals surface area contributed by atoms with Gasteiger partial charge in [0.05, 0.1) is 23.7 Å². The second-order valence-corrected chi connectivity index (χ2v) is 3.68. The molecule has 0 spiro atoms. The summed E-state index contributed by atoms with van der Waals surface area (Å²) in [6.45, 7) is 4.53. The van der Waals surface area contributed by atoms with E-state index in [1.54, 1.807) is 35.7 Å². The first-order valence-corrected chi connectivity index (χ1v) is 5.34. The number of hydrogen-bond donors (Lipinski definition) is 0. The number of hydrogen-bond acceptors (Lipinski definition) is 4. The highest BCUT2D eigenvalue weighted by molar-refractivity contribution is 5.80. The lowest BCUT2D eigenvalue weighted by molar-refractivity contribution is 0.112. The smallest absolute Gasteiger partial charge is 0.228 e. The van der Waals surface area contributed by atoms with E-state index in [9.17, 15) is 4.79 Å². The fourth-order valence-corrected chi connectivity index (χ4v) is 1.59. The maximum absolute atomic E-state index is 11.0. The molecule has 0 unspecified atom stereocenters. The summed E-state index contributed by atoms with van der Waals surface area (Å²) in [5.41, 5.74) is 1.12. The van der Waals surface area contributed by atoms with Crippen LogP contribution in [0.4, 0.5) is 0 Å². The highest BCUT2D eigenvalue weighted by atomic mass is 16.5. The second kappa shape index (κ2) is 4.40. The van der Waals surface area contributed by atoms with Crippen molar-refractivity contribution in [3.8, 4) is 11.6 Å². The number of aldehydes is 1. The van der Waals surface area contributed by atoms with Crippen LogP contribution in [0, 0.1) is 6.92 Å². The number of nitrogens with zero attached hydrogens (tertiary/aromatic N) is 4. The van der Waals surface area contributed by atoms with Gasteiger partial charge in [-0.1, -0.05) is 0 Å². The molecule has 0 aromatic carbocycles. The molecular formula is C11H14N4O2. The first-order chi connectivity index (χ1) is 8.15. The fraction of sp³-hybridized carbons (Fsp3) is 0.364. The number of carbonyl (C=O) groups is 1. The maximum Gasteiger partial charge on any atom is 0.228 e. The highest BCUT2D eigenvalue weighted by Crippen LogP contribution is 2.25. The van der Waals surface area contributed by atoms with Crippen LogP contribution in [0.25, 0.3) is 0 Å². The lowest BCUT2D eigenvalue weighted by atomic mass is 10.3. The molecule has 0 saturated heterocycles. The van der Waals surface area contributed by atoms with Gasteiger partial charge in [-0.2, -0.15) is 10.2 Å². The molecule has 0 fully saturated rings. The van der Waals surface area contributed by atoms with E-state index in [2.05, 4.69) is 10.2 Å². The molecule has 0 amide bonds. The number of carbonyl (C=O) groups excluding carboxylic acids is 1. The van der Waals surface area contributed by atoms with Gasteiger partial charge in [0.1, 0.15) is 0 Å². The molecule has 0 atom stereocenters. The molecule has 0 aliphatic carbocycles. The van der Waals surface area contributed by atoms with E-state index in [1.807, 2.05) is 6.92 Å². The van der Waals surface area contributed by atoms with Gasteiger partial charge in [0.2, 0.25) is 5.88 Å². The Hall–Kier alpha value is -2.11. The zero-order valence-corrected chi connectivity index (χ0v) is 10.0. The lowest BCUT2D eigenvalue weighted by Gasteiger charge is -2.03. The van der Waals surface area contributed by atoms with Crippen molar-refractivity contribution < 1.29 is 9.53 Å². The fourth-order valence-electron chi connectivity index (χ4n) is 1.59. The predicted molar refractivity (Wildman–Crippen MR) is 61.3 cm³/mol. The van der Waals surface area contributed by atoms with Crippen molar-refractivity contribution in [2.45, 2.75) is 20.4 Å². The molecule has 6 heteroatoms. The largest absolute Gasteiger partial charge is 0.435 e. The molecule has 2 aromatic rings. The summed E-state index contributed by atoms with van der Waals surface area (Å²) in [5, 5.41) is 8.23. The Labute approximate surface area is 98.8 Å². The molecule has 0 N–H and O–H groups in total. The lowest BCUT2D eigenvalue weighted by Crippen LogP contribution is -1.96. The molecule has 90 valence electrons. The molecule has 0 bridgehead atoms. The van der Waals surface area contributed by atoms with Crippen LogP contribution in [0.2, 0.25) is 0 Å². The summed E-state index contributed by atoms with van der Waals surface area (Å²) in [7, 11) is 1.74. The number of aromatic nitrogens is 4. The van der Waals surface area contributed by atoms with Crippen LogP contribution in [0.1, 0.15) is 23.0 Å². The second-order valence-electron chi connectivity index (χ2n) is 3.68. The van der Waals surface area contributed by atoms with Gasteiger partial charge in [-0.05, 0) is 13.8 Å². The van der Waals surface area contributed by atoms with Crippen molar-refractivity contribution in [2.24, 2.45) is 7.05 Å². The molecule has 0 aliphatic heterocycles. The van der Waals surface area contributed by atoms with Crippen molar-refractivity contribution in [1.82, 2.24) is 19.6 Å². The summed E-state index contributed by atoms with van der Waals surface area (Å²) in [5.74, 6) is 1.03. The molecule has 0 saturated carbocycles. The third-order valence-electron chi connectivity index (χ3n) is 2.48. The molecule has 0 radical (unpaired) electrons. The zero-order valence-electron chi connectivity index (χ0n) is 10.0. The number of aryl methyl sites for hydroxylation is 3. The van der Waals surface area contributed by atoms with Crippen LogP contribution in [0.3, 0.4) is 0 Å². The van der Waals surface area contributed by atoms with Crippen molar-refractivity contribution in [2.75, 3.05) is 0 Å². The summed E-state index contributed by atoms with van der Waals surface area (Å²) in [4.78, 5) is 11.0. The van der Waals surface area contributed by atoms with Crippen molar-refractivity contribution >= 4 is 6.29 Å². The Morgan fingerprint density at radius 1 is 1.53 bits per heavy atom. The maximum atomic E-state index is 11.0. The standard InChI is InChI=1S/C11H14N4O2/c1-4-15-6-9(5-12-15)17-11-10(7-16)8(2)13-14(11)3/h5-7H,4H2,1-3H3. The van der Waals surface area contributed by atoms with E-state index in [4.69, 9.17) is 4.74 Å². The Bertz CT molecular complexity index is 542. The van der Waals surface area contributed by atoms with Crippen LogP contribution in [-0.2, 0) is 13.6 Å². The van der Waals surface area contributed by atoms with E-state index >= 15 is 0 Å². The van der Waals surface area contributed by atoms with E-state index in [1.165, 1.54) is 0 Å². The van der Waals surface area contributed by atoms with Crippen LogP contribution < -0.4 is 4.74 Å². The van der Waals surface area contributed by atoms with Crippen LogP contribution in [0.15, 0.2) is 12.4 Å². The molecule has 2 rings (SSSR count). The Kier molecular flexibility index (Phi) is 2.95. The van der Waals surface area contributed by atoms with Crippen molar-refractivity contribution in [3.05, 3.63) is 23.7 Å². The van der Waals surface area contributed by atoms with Crippen LogP contribution >= 0.6 is 0 Å². The quantitative estimate of drug-likeness (QED) is 0.753. The number of rotatable bonds is 4. The predicted octanol–water partition coefficient (Wildman–Crippen LogP) is 1.55. The molecule has 17 heavy (non-hydrogen) atoms. The zero-order chi connectivity index (χ0) is 12.4. The summed E-state index contributed by atoms with van der Waals surface area (Å²) < 4.78 is 8.91. The van der Waals surface area contributed by atoms with Crippen molar-refractivity contribution in [3.63, 3.8) is 0 Å². The third-order valence-corrected chi connectivity index (χ3v) is 2.48. The molecule has 2 aromatic heterocycles. The molecule has 6 nitrogen and oxygen atoms in total. The van der Waals surface area contributed by atoms with Crippen LogP contribution in [0.5, 0.6) is 11.6 Å². The van der Waals surface area contributed by atoms with Gasteiger partial charge < -0.3 is 4.74 Å². The van der Waals surface area contributed by atoms with E-state index in [0.29, 0.717) is 22.9 Å². The number of ether oxygens (including phenoxy) is 1. The van der Waals surface area contributed by atoms with Gasteiger partial charge in [-0.3, -0.25) is 9.48 Å². The summed E-state index contributed by atoms with van der Waals surface area (Å²) in [6, 6.07) is 0. The first kappa shape index (κ1) is 11.4. The van der Waals surface area contributed by atoms with Gasteiger partial charge in [-0.25, -0.2) is 4.68 Å². The Morgan fingerprint density at radius 2 is 2.29 bits per heavy atom. The SMILES string of the molecule is CCn1cc(Oc2c(C=O)c(C)nn2C)cn1. The van der Waals surface area contributed by atoms with Gasteiger partial charge in [-0.15, -0.1) is 0 Å². The van der Waals surface area contributed by atoms with Crippen LogP contribution in [-0.4, -0.2) is 25.8 Å². The molecule has 2 heterocycles. The highest BCUT2D eigenvalue weighted by Gasteiger charge is 2.15. The minimum Gasteiger partial charge on any atom is -0.435 e. The van der Waals surface area contributed by atoms with E-state index in [0.717, 1.165) is 12.8 Å². The first-order valence-electron chi connectivity index (χ1n) is 5.34. The molecular weight excluding hydrogens is 220 g/mol. The Morgan fingerprint density at radius 3 is 2.88 bits per heavy atom. The summed E-state index contributed by atoms with van der Waals surface area (Å²) >= 11 is 0. The minimum absolute atomic E-state index is 0.438. The Balaban J connectivity index is 2.32. The van der Waals surface area contributed by atoms with Gasteiger partial charge in [0.25, 0.3) is 0 Å². The molecule has 0 aliphatic rings. The summed E-state index contributed by atoms with van der Waals surface area (Å²) in [6.07, 6.45) is 4.14. The minimum atomic E-state index is 0.438. The van der Waals surface area contributed by atoms with Gasteiger partial charge in [0, 0.05) is 13.6 Å². The average Bonchev–Trinajstić information content (AvgIpc) is 2.85. The van der Waals surface area contributed by atoms with Gasteiger partial charge >= 0.3 is 0 Å². The van der Waals surface area contributed by atoms with E-state index < -0.39 is 0 Å². The average molecular weight is 234 g/mol. The normalized spacial score (nSPS) is 10.5. The topological polar surface area (TPSA) is 61.9 Å². The van der Waals surface area contributed by atoms with Gasteiger partial charge in [0.15, 0.2) is 12.0 Å². The van der Waals surface area contributed by atoms with Crippen molar-refractivity contribution in [1.29, 1.82) is 0 Å². The monoisotopic (exact) mass is 234 g/mol.